The van der Waals surface area contributed by atoms with Crippen molar-refractivity contribution in [1.29, 1.82) is 0 Å². The Morgan fingerprint density at radius 3 is 2.86 bits per heavy atom. The van der Waals surface area contributed by atoms with Crippen molar-refractivity contribution in [1.82, 2.24) is 5.32 Å². The second-order valence-electron chi connectivity index (χ2n) is 5.07. The number of carboxylic acid groups (broad SMARTS) is 1. The maximum absolute atomic E-state index is 12.1. The predicted molar refractivity (Wildman–Crippen MR) is 70.9 cm³/mol. The van der Waals surface area contributed by atoms with Gasteiger partial charge in [-0.2, -0.15) is 0 Å². The Kier molecular flexibility index (Phi) is 3.90. The van der Waals surface area contributed by atoms with Gasteiger partial charge in [0.25, 0.3) is 11.6 Å². The van der Waals surface area contributed by atoms with Gasteiger partial charge in [0.1, 0.15) is 5.41 Å². The van der Waals surface area contributed by atoms with Crippen LogP contribution in [0.1, 0.15) is 17.3 Å². The summed E-state index contributed by atoms with van der Waals surface area (Å²) in [6, 6.07) is 4.55. The predicted octanol–water partition coefficient (Wildman–Crippen LogP) is 0.814. The third-order valence-corrected chi connectivity index (χ3v) is 3.57. The highest BCUT2D eigenvalue weighted by molar-refractivity contribution is 5.95. The number of ether oxygens (including phenoxy) is 1. The first-order chi connectivity index (χ1) is 9.84. The van der Waals surface area contributed by atoms with Gasteiger partial charge in [-0.3, -0.25) is 19.7 Å². The molecule has 1 amide bonds. The van der Waals surface area contributed by atoms with Gasteiger partial charge in [-0.05, 0) is 13.0 Å². The molecule has 0 saturated carbocycles. The Balaban J connectivity index is 2.16. The number of carboxylic acids is 1. The number of hydrogen-bond acceptors (Lipinski definition) is 5. The lowest BCUT2D eigenvalue weighted by Gasteiger charge is -2.25. The largest absolute Gasteiger partial charge is 0.481 e. The Hall–Kier alpha value is -2.48. The van der Waals surface area contributed by atoms with Gasteiger partial charge < -0.3 is 15.2 Å². The highest BCUT2D eigenvalue weighted by atomic mass is 16.6. The summed E-state index contributed by atoms with van der Waals surface area (Å²) in [6.07, 6.45) is 0. The van der Waals surface area contributed by atoms with Crippen LogP contribution in [-0.4, -0.2) is 41.2 Å². The van der Waals surface area contributed by atoms with Crippen molar-refractivity contribution in [3.63, 3.8) is 0 Å². The molecule has 2 unspecified atom stereocenters. The molecule has 112 valence electrons. The van der Waals surface area contributed by atoms with Crippen LogP contribution in [0.3, 0.4) is 0 Å². The average Bonchev–Trinajstić information content (AvgIpc) is 2.81. The number of carbonyl (C=O) groups excluding carboxylic acids is 1. The second-order valence-corrected chi connectivity index (χ2v) is 5.07. The summed E-state index contributed by atoms with van der Waals surface area (Å²) in [4.78, 5) is 33.5. The zero-order valence-electron chi connectivity index (χ0n) is 11.2. The van der Waals surface area contributed by atoms with Crippen molar-refractivity contribution in [3.05, 3.63) is 39.9 Å². The Morgan fingerprint density at radius 2 is 2.24 bits per heavy atom. The molecule has 1 aliphatic heterocycles. The molecule has 2 N–H and O–H groups in total. The van der Waals surface area contributed by atoms with E-state index in [1.807, 2.05) is 0 Å². The molecule has 0 aromatic heterocycles. The molecule has 1 heterocycles. The van der Waals surface area contributed by atoms with E-state index >= 15 is 0 Å². The van der Waals surface area contributed by atoms with Crippen LogP contribution in [0.5, 0.6) is 0 Å². The number of benzene rings is 1. The van der Waals surface area contributed by atoms with E-state index in [4.69, 9.17) is 4.74 Å². The van der Waals surface area contributed by atoms with Crippen LogP contribution >= 0.6 is 0 Å². The normalized spacial score (nSPS) is 24.5. The zero-order chi connectivity index (χ0) is 15.6. The molecule has 1 fully saturated rings. The number of rotatable bonds is 4. The van der Waals surface area contributed by atoms with Crippen LogP contribution in [0.25, 0.3) is 0 Å². The van der Waals surface area contributed by atoms with E-state index in [1.54, 1.807) is 0 Å². The summed E-state index contributed by atoms with van der Waals surface area (Å²) in [5.41, 5.74) is -1.31. The standard InChI is InChI=1S/C13H14N2O6/c1-13(12(17)18)7-21-6-10(13)14-11(16)8-3-2-4-9(5-8)15(19)20/h2-5,10H,6-7H2,1H3,(H,14,16)(H,17,18). The minimum atomic E-state index is -1.21. The Bertz CT molecular complexity index is 602. The van der Waals surface area contributed by atoms with Crippen LogP contribution in [-0.2, 0) is 9.53 Å². The number of non-ortho nitro benzene ring substituents is 1. The van der Waals surface area contributed by atoms with Crippen molar-refractivity contribution in [2.75, 3.05) is 13.2 Å². The summed E-state index contributed by atoms with van der Waals surface area (Å²) >= 11 is 0. The van der Waals surface area contributed by atoms with Gasteiger partial charge in [0.15, 0.2) is 0 Å². The fourth-order valence-corrected chi connectivity index (χ4v) is 2.09. The lowest BCUT2D eigenvalue weighted by molar-refractivity contribution is -0.384. The van der Waals surface area contributed by atoms with E-state index in [1.165, 1.54) is 25.1 Å². The highest BCUT2D eigenvalue weighted by Crippen LogP contribution is 2.29. The van der Waals surface area contributed by atoms with Crippen molar-refractivity contribution >= 4 is 17.6 Å². The Labute approximate surface area is 119 Å². The van der Waals surface area contributed by atoms with Gasteiger partial charge in [0.2, 0.25) is 0 Å². The topological polar surface area (TPSA) is 119 Å². The number of nitrogens with zero attached hydrogens (tertiary/aromatic N) is 1. The van der Waals surface area contributed by atoms with E-state index in [0.29, 0.717) is 0 Å². The number of nitro groups is 1. The van der Waals surface area contributed by atoms with Crippen molar-refractivity contribution in [2.24, 2.45) is 5.41 Å². The summed E-state index contributed by atoms with van der Waals surface area (Å²) in [6.45, 7) is 1.58. The molecule has 8 nitrogen and oxygen atoms in total. The van der Waals surface area contributed by atoms with E-state index in [9.17, 15) is 24.8 Å². The number of aliphatic carboxylic acids is 1. The van der Waals surface area contributed by atoms with Crippen molar-refractivity contribution in [2.45, 2.75) is 13.0 Å². The lowest BCUT2D eigenvalue weighted by Crippen LogP contribution is -2.49. The van der Waals surface area contributed by atoms with E-state index in [2.05, 4.69) is 5.32 Å². The first-order valence-electron chi connectivity index (χ1n) is 6.21. The van der Waals surface area contributed by atoms with E-state index in [-0.39, 0.29) is 24.5 Å². The molecular formula is C13H14N2O6. The van der Waals surface area contributed by atoms with Crippen LogP contribution < -0.4 is 5.32 Å². The highest BCUT2D eigenvalue weighted by Gasteiger charge is 2.47. The molecule has 2 atom stereocenters. The van der Waals surface area contributed by atoms with Gasteiger partial charge in [0, 0.05) is 17.7 Å². The molecule has 8 heteroatoms. The average molecular weight is 294 g/mol. The van der Waals surface area contributed by atoms with Crippen LogP contribution in [0.2, 0.25) is 0 Å². The molecule has 1 aromatic carbocycles. The number of carbonyl (C=O) groups is 2. The molecule has 0 aliphatic carbocycles. The summed E-state index contributed by atoms with van der Waals surface area (Å²) in [5, 5.41) is 22.5. The van der Waals surface area contributed by atoms with E-state index in [0.717, 1.165) is 6.07 Å². The summed E-state index contributed by atoms with van der Waals surface area (Å²) in [7, 11) is 0. The van der Waals surface area contributed by atoms with Gasteiger partial charge in [0.05, 0.1) is 24.2 Å². The SMILES string of the molecule is CC1(C(=O)O)COCC1NC(=O)c1cccc([N+](=O)[O-])c1. The minimum absolute atomic E-state index is 0.00220. The molecule has 0 radical (unpaired) electrons. The fraction of sp³-hybridized carbons (Fsp3) is 0.385. The fourth-order valence-electron chi connectivity index (χ4n) is 2.09. The number of nitrogens with one attached hydrogen (secondary N) is 1. The molecule has 1 saturated heterocycles. The first kappa shape index (κ1) is 14.9. The molecule has 1 aliphatic rings. The summed E-state index contributed by atoms with van der Waals surface area (Å²) in [5.74, 6) is -1.63. The Morgan fingerprint density at radius 1 is 1.52 bits per heavy atom. The van der Waals surface area contributed by atoms with Gasteiger partial charge >= 0.3 is 5.97 Å². The minimum Gasteiger partial charge on any atom is -0.481 e. The summed E-state index contributed by atoms with van der Waals surface area (Å²) < 4.78 is 5.13. The molecule has 2 rings (SSSR count). The second kappa shape index (κ2) is 5.49. The van der Waals surface area contributed by atoms with Crippen LogP contribution in [0.15, 0.2) is 24.3 Å². The maximum Gasteiger partial charge on any atom is 0.313 e. The van der Waals surface area contributed by atoms with Gasteiger partial charge in [-0.1, -0.05) is 6.07 Å². The smallest absolute Gasteiger partial charge is 0.313 e. The van der Waals surface area contributed by atoms with Crippen molar-refractivity contribution < 1.29 is 24.4 Å². The van der Waals surface area contributed by atoms with Crippen LogP contribution in [0.4, 0.5) is 5.69 Å². The van der Waals surface area contributed by atoms with Crippen molar-refractivity contribution in [3.8, 4) is 0 Å². The van der Waals surface area contributed by atoms with E-state index < -0.39 is 28.3 Å². The quantitative estimate of drug-likeness (QED) is 0.626. The van der Waals surface area contributed by atoms with Gasteiger partial charge in [-0.25, -0.2) is 0 Å². The molecule has 1 aromatic rings. The molecule has 21 heavy (non-hydrogen) atoms. The number of amides is 1. The first-order valence-corrected chi connectivity index (χ1v) is 6.21. The maximum atomic E-state index is 12.1. The van der Waals surface area contributed by atoms with Gasteiger partial charge in [-0.15, -0.1) is 0 Å². The third kappa shape index (κ3) is 2.84. The monoisotopic (exact) mass is 294 g/mol. The van der Waals surface area contributed by atoms with Crippen LogP contribution in [0, 0.1) is 15.5 Å². The molecule has 0 spiro atoms. The third-order valence-electron chi connectivity index (χ3n) is 3.57. The molecular weight excluding hydrogens is 280 g/mol. The molecule has 0 bridgehead atoms. The zero-order valence-corrected chi connectivity index (χ0v) is 11.2. The number of nitro benzene ring substituents is 1. The lowest BCUT2D eigenvalue weighted by atomic mass is 9.85. The number of hydrogen-bond donors (Lipinski definition) is 2.